The second-order valence-corrected chi connectivity index (χ2v) is 2.75. The zero-order valence-corrected chi connectivity index (χ0v) is 11.9. The first kappa shape index (κ1) is 15.8. The van der Waals surface area contributed by atoms with Crippen LogP contribution < -0.4 is 5.73 Å². The minimum absolute atomic E-state index is 0. The van der Waals surface area contributed by atoms with Gasteiger partial charge in [-0.25, -0.2) is 0 Å². The average Bonchev–Trinajstić information content (AvgIpc) is 2.09. The second kappa shape index (κ2) is 7.69. The molecule has 72 valence electrons. The molecular formula is C9H12ClN3Zn. The SMILES string of the molecule is CC(Cc1ccc(N)cc1)=[N+]=[N-].Cl.[Zn]. The van der Waals surface area contributed by atoms with Crippen LogP contribution in [0, 0.1) is 0 Å². The molecule has 0 saturated heterocycles. The average molecular weight is 263 g/mol. The van der Waals surface area contributed by atoms with Gasteiger partial charge in [0, 0.05) is 32.1 Å². The largest absolute Gasteiger partial charge is 0.399 e. The number of halogens is 1. The molecule has 0 aromatic heterocycles. The van der Waals surface area contributed by atoms with Crippen LogP contribution in [0.1, 0.15) is 12.5 Å². The number of anilines is 1. The molecule has 0 heterocycles. The van der Waals surface area contributed by atoms with Crippen molar-refractivity contribution in [1.82, 2.24) is 0 Å². The minimum atomic E-state index is 0. The summed E-state index contributed by atoms with van der Waals surface area (Å²) in [6, 6.07) is 7.51. The van der Waals surface area contributed by atoms with E-state index in [1.165, 1.54) is 0 Å². The number of hydrogen-bond donors (Lipinski definition) is 1. The Hall–Kier alpha value is -0.687. The third kappa shape index (κ3) is 5.13. The summed E-state index contributed by atoms with van der Waals surface area (Å²) in [5.41, 5.74) is 16.5. The van der Waals surface area contributed by atoms with E-state index in [0.717, 1.165) is 11.3 Å². The fourth-order valence-corrected chi connectivity index (χ4v) is 0.966. The molecule has 0 atom stereocenters. The van der Waals surface area contributed by atoms with Crippen LogP contribution >= 0.6 is 12.4 Å². The molecule has 0 saturated carbocycles. The summed E-state index contributed by atoms with van der Waals surface area (Å²) in [4.78, 5) is 3.09. The van der Waals surface area contributed by atoms with Gasteiger partial charge in [0.25, 0.3) is 5.71 Å². The van der Waals surface area contributed by atoms with Crippen molar-refractivity contribution >= 4 is 23.8 Å². The molecular weight excluding hydrogens is 251 g/mol. The summed E-state index contributed by atoms with van der Waals surface area (Å²) >= 11 is 0. The summed E-state index contributed by atoms with van der Waals surface area (Å²) < 4.78 is 0. The van der Waals surface area contributed by atoms with Gasteiger partial charge in [0.1, 0.15) is 0 Å². The molecule has 0 amide bonds. The maximum Gasteiger partial charge on any atom is 0.270 e. The first-order valence-electron chi connectivity index (χ1n) is 3.74. The van der Waals surface area contributed by atoms with Crippen LogP contribution in [0.5, 0.6) is 0 Å². The van der Waals surface area contributed by atoms with Gasteiger partial charge in [-0.15, -0.1) is 12.4 Å². The Morgan fingerprint density at radius 3 is 2.29 bits per heavy atom. The summed E-state index contributed by atoms with van der Waals surface area (Å²) in [5.74, 6) is 0. The Bertz CT molecular complexity index is 317. The van der Waals surface area contributed by atoms with Gasteiger partial charge in [-0.05, 0) is 17.7 Å². The first-order chi connectivity index (χ1) is 5.72. The fraction of sp³-hybridized carbons (Fsp3) is 0.222. The molecule has 1 rings (SSSR count). The molecule has 0 aliphatic rings. The molecule has 0 radical (unpaired) electrons. The predicted octanol–water partition coefficient (Wildman–Crippen LogP) is 1.92. The van der Waals surface area contributed by atoms with E-state index >= 15 is 0 Å². The minimum Gasteiger partial charge on any atom is -0.399 e. The van der Waals surface area contributed by atoms with Crippen molar-refractivity contribution in [3.63, 3.8) is 0 Å². The van der Waals surface area contributed by atoms with E-state index in [1.807, 2.05) is 24.3 Å². The third-order valence-corrected chi connectivity index (χ3v) is 1.61. The van der Waals surface area contributed by atoms with E-state index in [0.29, 0.717) is 12.1 Å². The van der Waals surface area contributed by atoms with Crippen molar-refractivity contribution in [2.24, 2.45) is 0 Å². The summed E-state index contributed by atoms with van der Waals surface area (Å²) in [6.45, 7) is 1.77. The van der Waals surface area contributed by atoms with E-state index in [-0.39, 0.29) is 31.9 Å². The Labute approximate surface area is 102 Å². The van der Waals surface area contributed by atoms with Gasteiger partial charge in [-0.2, -0.15) is 4.79 Å². The predicted molar refractivity (Wildman–Crippen MR) is 56.1 cm³/mol. The second-order valence-electron chi connectivity index (χ2n) is 2.75. The van der Waals surface area contributed by atoms with Crippen LogP contribution in [0.3, 0.4) is 0 Å². The van der Waals surface area contributed by atoms with Gasteiger partial charge < -0.3 is 11.3 Å². The topological polar surface area (TPSA) is 62.4 Å². The molecule has 1 aromatic rings. The summed E-state index contributed by atoms with van der Waals surface area (Å²) in [7, 11) is 0. The molecule has 1 aromatic carbocycles. The molecule has 0 aliphatic heterocycles. The molecule has 0 bridgehead atoms. The fourth-order valence-electron chi connectivity index (χ4n) is 0.966. The summed E-state index contributed by atoms with van der Waals surface area (Å²) in [6.07, 6.45) is 0.663. The van der Waals surface area contributed by atoms with Crippen LogP contribution in [0.15, 0.2) is 24.3 Å². The van der Waals surface area contributed by atoms with Crippen molar-refractivity contribution in [3.05, 3.63) is 35.4 Å². The van der Waals surface area contributed by atoms with Crippen molar-refractivity contribution < 1.29 is 24.3 Å². The van der Waals surface area contributed by atoms with Gasteiger partial charge in [0.05, 0.1) is 6.42 Å². The Morgan fingerprint density at radius 2 is 1.86 bits per heavy atom. The smallest absolute Gasteiger partial charge is 0.270 e. The first-order valence-corrected chi connectivity index (χ1v) is 3.74. The number of nitrogen functional groups attached to an aromatic ring is 1. The van der Waals surface area contributed by atoms with Crippen LogP contribution in [0.25, 0.3) is 5.53 Å². The van der Waals surface area contributed by atoms with Crippen molar-refractivity contribution in [3.8, 4) is 0 Å². The molecule has 5 heteroatoms. The van der Waals surface area contributed by atoms with Crippen LogP contribution in [-0.2, 0) is 25.9 Å². The zero-order chi connectivity index (χ0) is 8.97. The number of nitrogens with zero attached hydrogens (tertiary/aromatic N) is 2. The van der Waals surface area contributed by atoms with Crippen molar-refractivity contribution in [1.29, 1.82) is 0 Å². The van der Waals surface area contributed by atoms with E-state index < -0.39 is 0 Å². The van der Waals surface area contributed by atoms with E-state index in [4.69, 9.17) is 11.3 Å². The normalized spacial score (nSPS) is 7.79. The molecule has 0 fully saturated rings. The molecule has 0 spiro atoms. The Morgan fingerprint density at radius 1 is 1.36 bits per heavy atom. The summed E-state index contributed by atoms with van der Waals surface area (Å²) in [5, 5.41) is 0. The molecule has 0 unspecified atom stereocenters. The van der Waals surface area contributed by atoms with Crippen molar-refractivity contribution in [2.45, 2.75) is 13.3 Å². The molecule has 3 nitrogen and oxygen atoms in total. The molecule has 14 heavy (non-hydrogen) atoms. The number of hydrogen-bond acceptors (Lipinski definition) is 1. The van der Waals surface area contributed by atoms with E-state index in [2.05, 4.69) is 4.79 Å². The van der Waals surface area contributed by atoms with Crippen molar-refractivity contribution in [2.75, 3.05) is 5.73 Å². The maximum absolute atomic E-state index is 8.41. The van der Waals surface area contributed by atoms with Gasteiger partial charge in [-0.1, -0.05) is 12.1 Å². The maximum atomic E-state index is 8.41. The van der Waals surface area contributed by atoms with Crippen LogP contribution in [-0.4, -0.2) is 10.5 Å². The van der Waals surface area contributed by atoms with E-state index in [9.17, 15) is 0 Å². The van der Waals surface area contributed by atoms with Gasteiger partial charge in [0.2, 0.25) is 0 Å². The van der Waals surface area contributed by atoms with Gasteiger partial charge >= 0.3 is 0 Å². The molecule has 0 aliphatic carbocycles. The van der Waals surface area contributed by atoms with Crippen LogP contribution in [0.4, 0.5) is 5.69 Å². The standard InChI is InChI=1S/C9H11N3.ClH.Zn/c1-7(12-11)6-8-2-4-9(10)5-3-8;;/h2-5H,6,10H2,1H3;1H;. The number of rotatable bonds is 2. The Kier molecular flexibility index (Phi) is 8.67. The quantitative estimate of drug-likeness (QED) is 0.286. The zero-order valence-electron chi connectivity index (χ0n) is 8.10. The molecule has 2 N–H and O–H groups in total. The van der Waals surface area contributed by atoms with Gasteiger partial charge in [0.15, 0.2) is 0 Å². The Balaban J connectivity index is 0. The third-order valence-electron chi connectivity index (χ3n) is 1.61. The number of benzene rings is 1. The van der Waals surface area contributed by atoms with Gasteiger partial charge in [-0.3, -0.25) is 0 Å². The van der Waals surface area contributed by atoms with Crippen LogP contribution in [0.2, 0.25) is 0 Å². The number of nitrogens with two attached hydrogens (primary N) is 1. The monoisotopic (exact) mass is 261 g/mol. The van der Waals surface area contributed by atoms with E-state index in [1.54, 1.807) is 6.92 Å².